The lowest BCUT2D eigenvalue weighted by molar-refractivity contribution is 0.0766. The average Bonchev–Trinajstić information content (AvgIpc) is 1.69. The van der Waals surface area contributed by atoms with Crippen LogP contribution in [0.15, 0.2) is 25.0 Å². The summed E-state index contributed by atoms with van der Waals surface area (Å²) < 4.78 is 0. The van der Waals surface area contributed by atoms with E-state index in [0.29, 0.717) is 12.1 Å². The summed E-state index contributed by atoms with van der Waals surface area (Å²) in [4.78, 5) is 32.7. The maximum Gasteiger partial charge on any atom is 0.125 e. The zero-order valence-corrected chi connectivity index (χ0v) is 69.8. The summed E-state index contributed by atoms with van der Waals surface area (Å²) in [5.74, 6) is 6.44. The van der Waals surface area contributed by atoms with E-state index in [2.05, 4.69) is 132 Å². The maximum absolute atomic E-state index is 9.63. The molecule has 0 fully saturated rings. The van der Waals surface area contributed by atoms with E-state index in [1.807, 2.05) is 11.8 Å². The van der Waals surface area contributed by atoms with Crippen LogP contribution >= 0.6 is 0 Å². The van der Waals surface area contributed by atoms with Crippen molar-refractivity contribution in [3.63, 3.8) is 0 Å². The molecule has 5 heterocycles. The third-order valence-corrected chi connectivity index (χ3v) is 21.1. The summed E-state index contributed by atoms with van der Waals surface area (Å²) >= 11 is 0. The summed E-state index contributed by atoms with van der Waals surface area (Å²) in [6, 6.07) is 1.21. The predicted molar refractivity (Wildman–Crippen MR) is 445 cm³/mol. The first-order chi connectivity index (χ1) is 47.9. The van der Waals surface area contributed by atoms with E-state index in [4.69, 9.17) is 9.98 Å². The first kappa shape index (κ1) is 94.3. The first-order valence-corrected chi connectivity index (χ1v) is 44.2. The molecule has 0 aromatic heterocycles. The Labute approximate surface area is 619 Å². The Hall–Kier alpha value is -2.69. The second-order valence-electron chi connectivity index (χ2n) is 32.9. The van der Waals surface area contributed by atoms with Crippen LogP contribution in [0.25, 0.3) is 0 Å². The molecule has 1 atom stereocenters. The highest BCUT2D eigenvalue weighted by Crippen LogP contribution is 2.26. The topological polar surface area (TPSA) is 107 Å². The van der Waals surface area contributed by atoms with Gasteiger partial charge in [0.05, 0.1) is 54.1 Å². The van der Waals surface area contributed by atoms with Gasteiger partial charge in [-0.3, -0.25) is 25.0 Å². The zero-order chi connectivity index (χ0) is 72.7. The van der Waals surface area contributed by atoms with Crippen molar-refractivity contribution in [2.24, 2.45) is 25.0 Å². The van der Waals surface area contributed by atoms with Crippen molar-refractivity contribution in [1.29, 1.82) is 0 Å². The van der Waals surface area contributed by atoms with Crippen LogP contribution < -0.4 is 5.32 Å². The fourth-order valence-corrected chi connectivity index (χ4v) is 14.7. The van der Waals surface area contributed by atoms with Crippen molar-refractivity contribution >= 4 is 29.2 Å². The molecule has 0 saturated heterocycles. The maximum atomic E-state index is 9.63. The number of hydrogen-bond acceptors (Lipinski definition) is 11. The molecular weight excluding hydrogens is 1210 g/mol. The number of aliphatic hydroxyl groups is 1. The fraction of sp³-hybridized carbons (Fsp3) is 0.943. The molecule has 0 saturated carbocycles. The van der Waals surface area contributed by atoms with Gasteiger partial charge in [0.1, 0.15) is 12.1 Å². The lowest BCUT2D eigenvalue weighted by Gasteiger charge is -2.26. The molecule has 0 bridgehead atoms. The van der Waals surface area contributed by atoms with Gasteiger partial charge in [0.15, 0.2) is 0 Å². The van der Waals surface area contributed by atoms with E-state index in [0.717, 1.165) is 71.0 Å². The van der Waals surface area contributed by atoms with Crippen LogP contribution in [-0.4, -0.2) is 143 Å². The minimum Gasteiger partial charge on any atom is -0.374 e. The molecule has 0 aliphatic carbocycles. The molecule has 5 aliphatic rings. The van der Waals surface area contributed by atoms with Gasteiger partial charge in [0, 0.05) is 84.0 Å². The number of aliphatic hydroxyl groups excluding tert-OH is 1. The van der Waals surface area contributed by atoms with Gasteiger partial charge in [-0.15, -0.1) is 0 Å². The second-order valence-corrected chi connectivity index (χ2v) is 32.9. The summed E-state index contributed by atoms with van der Waals surface area (Å²) in [6.45, 7) is 39.5. The molecule has 584 valence electrons. The number of nitrogens with zero attached hydrogens (tertiary/aromatic N) is 9. The van der Waals surface area contributed by atoms with Gasteiger partial charge in [-0.2, -0.15) is 0 Å². The molecule has 0 aromatic carbocycles. The molecule has 5 rings (SSSR count). The Morgan fingerprint density at radius 1 is 0.323 bits per heavy atom. The number of amidine groups is 5. The van der Waals surface area contributed by atoms with Crippen molar-refractivity contribution in [1.82, 2.24) is 24.9 Å². The largest absolute Gasteiger partial charge is 0.374 e. The van der Waals surface area contributed by atoms with E-state index in [1.165, 1.54) is 364 Å². The smallest absolute Gasteiger partial charge is 0.125 e. The van der Waals surface area contributed by atoms with E-state index in [9.17, 15) is 5.11 Å². The second kappa shape index (κ2) is 64.9. The molecule has 5 aliphatic heterocycles. The highest BCUT2D eigenvalue weighted by Gasteiger charge is 2.32. The van der Waals surface area contributed by atoms with Crippen LogP contribution in [0, 0.1) is 0 Å². The monoisotopic (exact) mass is 1390 g/mol. The SMILES string of the molecule is CCCCCCCCCCCCC1=NC(C)(C)CN1.CCCCCCCCCCCCC1=NC(C)(C)CN1C(C)C.CCCCCCCCCCCCC1=NCCN1C.CCCCCCCCCCCCC1=NCCN1C(C)C.CCCCCCCCCCCCC1=NCCN1C(C)O. The van der Waals surface area contributed by atoms with E-state index in [1.54, 1.807) is 0 Å². The normalized spacial score (nSPS) is 16.4. The number of rotatable bonds is 58. The molecule has 0 spiro atoms. The lowest BCUT2D eigenvalue weighted by Crippen LogP contribution is -2.37. The molecule has 1 unspecified atom stereocenters. The number of hydrogen-bond donors (Lipinski definition) is 2. The Morgan fingerprint density at radius 2 is 0.596 bits per heavy atom. The van der Waals surface area contributed by atoms with Crippen LogP contribution in [0.5, 0.6) is 0 Å². The van der Waals surface area contributed by atoms with Gasteiger partial charge in [0.25, 0.3) is 0 Å². The van der Waals surface area contributed by atoms with E-state index < -0.39 is 0 Å². The summed E-state index contributed by atoms with van der Waals surface area (Å²) in [5.41, 5.74) is 0.256. The van der Waals surface area contributed by atoms with Crippen molar-refractivity contribution in [2.45, 2.75) is 479 Å². The highest BCUT2D eigenvalue weighted by atomic mass is 16.3. The van der Waals surface area contributed by atoms with Crippen molar-refractivity contribution in [3.05, 3.63) is 0 Å². The minimum atomic E-state index is -0.376. The fourth-order valence-electron chi connectivity index (χ4n) is 14.7. The molecule has 0 radical (unpaired) electrons. The van der Waals surface area contributed by atoms with Crippen LogP contribution in [0.2, 0.25) is 0 Å². The van der Waals surface area contributed by atoms with Crippen LogP contribution in [0.3, 0.4) is 0 Å². The Kier molecular flexibility index (Phi) is 61.8. The van der Waals surface area contributed by atoms with E-state index in [-0.39, 0.29) is 17.3 Å². The van der Waals surface area contributed by atoms with Crippen molar-refractivity contribution in [3.8, 4) is 0 Å². The summed E-state index contributed by atoms with van der Waals surface area (Å²) in [6.07, 6.45) is 75.6. The Balaban J connectivity index is 0.000000620. The van der Waals surface area contributed by atoms with Crippen LogP contribution in [0.4, 0.5) is 0 Å². The van der Waals surface area contributed by atoms with Gasteiger partial charge in [-0.05, 0) is 94.4 Å². The standard InChI is InChI=1S/C20H40N2.C18H36N2.C17H34N2O.C17H34N2.C16H32N2/c1-6-7-8-9-10-11-12-13-14-15-16-19-21-20(4,5)17-22(19)18(2)3;1-4-5-6-7-8-9-10-11-12-13-14-18-19-15-16-20(18)17(2)3;1-3-4-5-6-7-8-9-10-11-12-13-17-18-14-15-19(17)16(2)20;1-4-5-6-7-8-9-10-11-12-13-14-16-18-15-17(2,3)19-16;1-3-4-5-6-7-8-9-10-11-12-13-16-17-14-15-18(16)2/h18H,6-17H2,1-5H3;17H,4-16H2,1-3H3;16,20H,3-15H2,1-2H3;4-15H2,1-3H3,(H,18,19);3-15H2,1-2H3. The number of aliphatic imine (C=N–C) groups is 5. The predicted octanol–water partition coefficient (Wildman–Crippen LogP) is 25.7. The van der Waals surface area contributed by atoms with Crippen LogP contribution in [0.1, 0.15) is 450 Å². The molecule has 0 aromatic rings. The molecular formula is C88H176N10O. The van der Waals surface area contributed by atoms with Gasteiger partial charge < -0.3 is 30.0 Å². The summed E-state index contributed by atoms with van der Waals surface area (Å²) in [7, 11) is 2.17. The number of likely N-dealkylation sites (N-methyl/N-ethyl adjacent to an activating group) is 1. The molecule has 2 N–H and O–H groups in total. The quantitative estimate of drug-likeness (QED) is 0.0588. The zero-order valence-electron chi connectivity index (χ0n) is 69.8. The van der Waals surface area contributed by atoms with Gasteiger partial charge >= 0.3 is 0 Å². The Morgan fingerprint density at radius 3 is 0.889 bits per heavy atom. The van der Waals surface area contributed by atoms with Crippen molar-refractivity contribution in [2.75, 3.05) is 59.4 Å². The van der Waals surface area contributed by atoms with E-state index >= 15 is 0 Å². The van der Waals surface area contributed by atoms with Gasteiger partial charge in [0.2, 0.25) is 0 Å². The molecule has 99 heavy (non-hydrogen) atoms. The summed E-state index contributed by atoms with van der Waals surface area (Å²) in [5, 5.41) is 13.1. The van der Waals surface area contributed by atoms with Crippen LogP contribution in [-0.2, 0) is 0 Å². The molecule has 11 heteroatoms. The number of unbranched alkanes of at least 4 members (excludes halogenated alkanes) is 45. The minimum absolute atomic E-state index is 0.123. The van der Waals surface area contributed by atoms with Crippen molar-refractivity contribution < 1.29 is 5.11 Å². The average molecular weight is 1390 g/mol. The molecule has 0 amide bonds. The van der Waals surface area contributed by atoms with Gasteiger partial charge in [-0.25, -0.2) is 0 Å². The third-order valence-electron chi connectivity index (χ3n) is 21.1. The lowest BCUT2D eigenvalue weighted by atomic mass is 10.1. The number of nitrogens with one attached hydrogen (secondary N) is 1. The third kappa shape index (κ3) is 53.7. The first-order valence-electron chi connectivity index (χ1n) is 44.2. The highest BCUT2D eigenvalue weighted by molar-refractivity contribution is 5.86. The Bertz CT molecular complexity index is 1900. The molecule has 11 nitrogen and oxygen atoms in total. The van der Waals surface area contributed by atoms with Gasteiger partial charge in [-0.1, -0.05) is 324 Å².